The molecule has 0 saturated heterocycles. The van der Waals surface area contributed by atoms with Crippen LogP contribution in [0.25, 0.3) is 11.1 Å². The molecule has 32 heavy (non-hydrogen) atoms. The van der Waals surface area contributed by atoms with E-state index >= 15 is 0 Å². The van der Waals surface area contributed by atoms with Gasteiger partial charge in [-0.25, -0.2) is 9.37 Å². The minimum absolute atomic E-state index is 0.178. The number of hydrazine groups is 1. The summed E-state index contributed by atoms with van der Waals surface area (Å²) in [4.78, 5) is 4.23. The average molecular weight is 432 g/mol. The number of aryl methyl sites for hydroxylation is 1. The summed E-state index contributed by atoms with van der Waals surface area (Å²) in [5.41, 5.74) is 11.7. The molecular formula is C22H21FN8O. The van der Waals surface area contributed by atoms with Gasteiger partial charge in [-0.05, 0) is 44.2 Å². The molecule has 0 spiro atoms. The van der Waals surface area contributed by atoms with Crippen LogP contribution in [0.1, 0.15) is 31.2 Å². The molecule has 3 heterocycles. The van der Waals surface area contributed by atoms with Crippen LogP contribution in [0.2, 0.25) is 0 Å². The second kappa shape index (κ2) is 8.39. The number of benzene rings is 1. The van der Waals surface area contributed by atoms with Crippen molar-refractivity contribution < 1.29 is 9.13 Å². The fourth-order valence-electron chi connectivity index (χ4n) is 3.43. The zero-order valence-corrected chi connectivity index (χ0v) is 17.7. The number of nitrogens with one attached hydrogen (secondary N) is 1. The van der Waals surface area contributed by atoms with Gasteiger partial charge in [-0.15, -0.1) is 0 Å². The number of aromatic nitrogens is 3. The summed E-state index contributed by atoms with van der Waals surface area (Å²) in [7, 11) is 1.67. The third kappa shape index (κ3) is 3.72. The number of hydrogen-bond acceptors (Lipinski definition) is 8. The molecule has 0 aliphatic carbocycles. The van der Waals surface area contributed by atoms with Gasteiger partial charge in [0, 0.05) is 30.6 Å². The van der Waals surface area contributed by atoms with E-state index in [2.05, 4.69) is 26.7 Å². The highest BCUT2D eigenvalue weighted by atomic mass is 19.1. The highest BCUT2D eigenvalue weighted by Gasteiger charge is 2.26. The molecule has 9 nitrogen and oxygen atoms in total. The van der Waals surface area contributed by atoms with E-state index < -0.39 is 11.9 Å². The number of halogens is 1. The Morgan fingerprint density at radius 3 is 2.94 bits per heavy atom. The van der Waals surface area contributed by atoms with Gasteiger partial charge in [0.25, 0.3) is 0 Å². The Morgan fingerprint density at radius 2 is 2.19 bits per heavy atom. The molecule has 1 aliphatic heterocycles. The fourth-order valence-corrected chi connectivity index (χ4v) is 3.43. The number of hydrogen-bond donors (Lipinski definition) is 2. The Morgan fingerprint density at radius 1 is 1.38 bits per heavy atom. The normalized spacial score (nSPS) is 15.5. The summed E-state index contributed by atoms with van der Waals surface area (Å²) >= 11 is 0. The maximum atomic E-state index is 14.2. The molecule has 4 rings (SSSR count). The second-order valence-corrected chi connectivity index (χ2v) is 7.09. The topological polar surface area (TPSA) is 117 Å². The molecule has 0 saturated carbocycles. The Bertz CT molecular complexity index is 1270. The highest BCUT2D eigenvalue weighted by molar-refractivity contribution is 5.83. The summed E-state index contributed by atoms with van der Waals surface area (Å²) < 4.78 is 21.7. The molecule has 2 bridgehead atoms. The number of nitrogens with two attached hydrogens (primary N) is 1. The van der Waals surface area contributed by atoms with Gasteiger partial charge in [0.2, 0.25) is 0 Å². The van der Waals surface area contributed by atoms with Gasteiger partial charge < -0.3 is 10.5 Å². The molecule has 3 N–H and O–H groups in total. The third-order valence-electron chi connectivity index (χ3n) is 4.96. The van der Waals surface area contributed by atoms with E-state index in [9.17, 15) is 9.65 Å². The SMILES string of the molecule is CC=CC=NN1Nc2nn(C)c(C#N)c2-c2cnc(N)c(c2)OC(C)c2cc(F)ccc21. The summed E-state index contributed by atoms with van der Waals surface area (Å²) in [5, 5.41) is 20.1. The zero-order valence-electron chi connectivity index (χ0n) is 17.7. The Balaban J connectivity index is 2.01. The fraction of sp³-hybridized carbons (Fsp3) is 0.182. The van der Waals surface area contributed by atoms with Gasteiger partial charge in [0.15, 0.2) is 17.4 Å². The van der Waals surface area contributed by atoms with E-state index in [0.717, 1.165) is 0 Å². The molecule has 1 aromatic carbocycles. The van der Waals surface area contributed by atoms with Gasteiger partial charge in [-0.3, -0.25) is 10.1 Å². The number of allylic oxidation sites excluding steroid dienone is 2. The monoisotopic (exact) mass is 432 g/mol. The maximum absolute atomic E-state index is 14.2. The first-order valence-electron chi connectivity index (χ1n) is 9.84. The Labute approximate surface area is 184 Å². The number of fused-ring (bicyclic) bond motifs is 5. The lowest BCUT2D eigenvalue weighted by molar-refractivity contribution is 0.227. The van der Waals surface area contributed by atoms with Crippen molar-refractivity contribution in [2.45, 2.75) is 20.0 Å². The van der Waals surface area contributed by atoms with Crippen LogP contribution < -0.4 is 21.0 Å². The van der Waals surface area contributed by atoms with E-state index in [0.29, 0.717) is 39.6 Å². The van der Waals surface area contributed by atoms with Crippen LogP contribution in [0, 0.1) is 17.1 Å². The van der Waals surface area contributed by atoms with Crippen LogP contribution in [0.4, 0.5) is 21.7 Å². The van der Waals surface area contributed by atoms with Crippen molar-refractivity contribution in [3.63, 3.8) is 0 Å². The first kappa shape index (κ1) is 20.9. The lowest BCUT2D eigenvalue weighted by Crippen LogP contribution is -2.26. The number of nitriles is 1. The molecule has 1 unspecified atom stereocenters. The van der Waals surface area contributed by atoms with Gasteiger partial charge >= 0.3 is 0 Å². The van der Waals surface area contributed by atoms with E-state index in [1.807, 2.05) is 13.0 Å². The number of ether oxygens (including phenoxy) is 1. The smallest absolute Gasteiger partial charge is 0.177 e. The predicted octanol–water partition coefficient (Wildman–Crippen LogP) is 3.92. The summed E-state index contributed by atoms with van der Waals surface area (Å²) in [6.45, 7) is 3.65. The average Bonchev–Trinajstić information content (AvgIpc) is 3.08. The zero-order chi connectivity index (χ0) is 22.8. The van der Waals surface area contributed by atoms with Crippen molar-refractivity contribution in [3.05, 3.63) is 59.7 Å². The van der Waals surface area contributed by atoms with E-state index in [1.54, 1.807) is 44.6 Å². The van der Waals surface area contributed by atoms with Crippen LogP contribution in [-0.4, -0.2) is 21.0 Å². The van der Waals surface area contributed by atoms with Crippen molar-refractivity contribution in [1.29, 1.82) is 5.26 Å². The number of hydrazone groups is 1. The number of nitrogens with zero attached hydrogens (tertiary/aromatic N) is 6. The largest absolute Gasteiger partial charge is 0.482 e. The minimum Gasteiger partial charge on any atom is -0.482 e. The van der Waals surface area contributed by atoms with E-state index in [4.69, 9.17) is 10.5 Å². The minimum atomic E-state index is -0.590. The highest BCUT2D eigenvalue weighted by Crippen LogP contribution is 2.39. The third-order valence-corrected chi connectivity index (χ3v) is 4.96. The lowest BCUT2D eigenvalue weighted by atomic mass is 10.1. The molecule has 162 valence electrons. The van der Waals surface area contributed by atoms with Crippen LogP contribution in [0.15, 0.2) is 47.7 Å². The van der Waals surface area contributed by atoms with Gasteiger partial charge in [0.1, 0.15) is 23.7 Å². The molecule has 0 amide bonds. The van der Waals surface area contributed by atoms with Crippen LogP contribution in [0.3, 0.4) is 0 Å². The van der Waals surface area contributed by atoms with E-state index in [1.165, 1.54) is 21.9 Å². The Hall–Kier alpha value is -4.39. The van der Waals surface area contributed by atoms with Crippen molar-refractivity contribution in [2.24, 2.45) is 12.1 Å². The van der Waals surface area contributed by atoms with E-state index in [-0.39, 0.29) is 5.82 Å². The number of pyridine rings is 1. The standard InChI is InChI=1S/C22H21FN8O/c1-4-5-8-27-31-17-7-6-15(23)10-16(17)13(2)32-19-9-14(12-26-21(19)25)20-18(11-24)30(3)28-22(20)29-31/h4-10,12-13H,1-3H3,(H2,25,26)(H,28,29). The van der Waals surface area contributed by atoms with Gasteiger partial charge in [-0.1, -0.05) is 6.08 Å². The molecule has 1 aliphatic rings. The first-order valence-corrected chi connectivity index (χ1v) is 9.84. The van der Waals surface area contributed by atoms with Gasteiger partial charge in [-0.2, -0.15) is 20.6 Å². The molecule has 0 radical (unpaired) electrons. The van der Waals surface area contributed by atoms with Crippen LogP contribution in [0.5, 0.6) is 5.75 Å². The second-order valence-electron chi connectivity index (χ2n) is 7.09. The molecular weight excluding hydrogens is 411 g/mol. The van der Waals surface area contributed by atoms with Gasteiger partial charge in [0.05, 0.1) is 11.3 Å². The molecule has 3 aromatic rings. The van der Waals surface area contributed by atoms with Crippen molar-refractivity contribution in [3.8, 4) is 22.9 Å². The molecule has 2 aromatic heterocycles. The molecule has 10 heteroatoms. The predicted molar refractivity (Wildman–Crippen MR) is 120 cm³/mol. The number of rotatable bonds is 2. The van der Waals surface area contributed by atoms with Crippen LogP contribution in [-0.2, 0) is 7.05 Å². The summed E-state index contributed by atoms with van der Waals surface area (Å²) in [5.74, 6) is 0.438. The summed E-state index contributed by atoms with van der Waals surface area (Å²) in [6.07, 6.45) is 6.12. The Kier molecular flexibility index (Phi) is 5.47. The van der Waals surface area contributed by atoms with Crippen molar-refractivity contribution in [1.82, 2.24) is 14.8 Å². The maximum Gasteiger partial charge on any atom is 0.177 e. The lowest BCUT2D eigenvalue weighted by Gasteiger charge is -2.25. The molecule has 1 atom stereocenters. The summed E-state index contributed by atoms with van der Waals surface area (Å²) in [6, 6.07) is 8.17. The number of nitrogen functional groups attached to an aromatic ring is 1. The van der Waals surface area contributed by atoms with Crippen molar-refractivity contribution >= 4 is 23.5 Å². The first-order chi connectivity index (χ1) is 15.4. The number of anilines is 3. The van der Waals surface area contributed by atoms with Crippen LogP contribution >= 0.6 is 0 Å². The van der Waals surface area contributed by atoms with Crippen molar-refractivity contribution in [2.75, 3.05) is 16.3 Å². The molecule has 0 fully saturated rings. The quantitative estimate of drug-likeness (QED) is 0.589.